The number of aliphatic hydroxyl groups excluding tert-OH is 1. The summed E-state index contributed by atoms with van der Waals surface area (Å²) in [6.45, 7) is 5.22. The molecule has 0 bridgehead atoms. The lowest BCUT2D eigenvalue weighted by molar-refractivity contribution is -0.136. The maximum atomic E-state index is 12.3. The van der Waals surface area contributed by atoms with E-state index in [1.54, 1.807) is 4.90 Å². The van der Waals surface area contributed by atoms with E-state index in [-0.39, 0.29) is 30.3 Å². The van der Waals surface area contributed by atoms with Crippen molar-refractivity contribution in [2.45, 2.75) is 39.5 Å². The quantitative estimate of drug-likeness (QED) is 0.667. The van der Waals surface area contributed by atoms with Gasteiger partial charge in [0, 0.05) is 31.5 Å². The lowest BCUT2D eigenvalue weighted by atomic mass is 10.0. The molecular formula is C16H28N2O3. The molecule has 0 saturated heterocycles. The highest BCUT2D eigenvalue weighted by molar-refractivity contribution is 5.80. The Morgan fingerprint density at radius 2 is 1.67 bits per heavy atom. The minimum atomic E-state index is -0.0322. The Labute approximate surface area is 127 Å². The van der Waals surface area contributed by atoms with Crippen LogP contribution in [0.5, 0.6) is 0 Å². The zero-order valence-electron chi connectivity index (χ0n) is 13.2. The van der Waals surface area contributed by atoms with Crippen molar-refractivity contribution in [2.75, 3.05) is 26.2 Å². The third-order valence-corrected chi connectivity index (χ3v) is 4.82. The second kappa shape index (κ2) is 7.25. The van der Waals surface area contributed by atoms with E-state index in [2.05, 4.69) is 5.32 Å². The first-order chi connectivity index (χ1) is 10.0. The van der Waals surface area contributed by atoms with E-state index in [1.165, 1.54) is 0 Å². The third-order valence-electron chi connectivity index (χ3n) is 4.82. The Bertz CT molecular complexity index is 378. The average molecular weight is 296 g/mol. The molecule has 2 rings (SSSR count). The number of aliphatic hydroxyl groups is 1. The number of nitrogens with zero attached hydrogens (tertiary/aromatic N) is 1. The Morgan fingerprint density at radius 1 is 1.10 bits per heavy atom. The number of carbonyl (C=O) groups is 2. The largest absolute Gasteiger partial charge is 0.395 e. The molecule has 5 heteroatoms. The SMILES string of the molecule is C[C@H](C(=O)NCCN(CCO)C(=O)[C@@H](C)C1CC1)C1CC1. The van der Waals surface area contributed by atoms with Crippen LogP contribution in [-0.2, 0) is 9.59 Å². The van der Waals surface area contributed by atoms with Crippen molar-refractivity contribution < 1.29 is 14.7 Å². The maximum Gasteiger partial charge on any atom is 0.225 e. The Hall–Kier alpha value is -1.10. The van der Waals surface area contributed by atoms with Crippen LogP contribution in [0.2, 0.25) is 0 Å². The van der Waals surface area contributed by atoms with Gasteiger partial charge in [-0.2, -0.15) is 0 Å². The maximum absolute atomic E-state index is 12.3. The molecule has 0 aliphatic heterocycles. The summed E-state index contributed by atoms with van der Waals surface area (Å²) in [6.07, 6.45) is 4.58. The second-order valence-electron chi connectivity index (χ2n) is 6.59. The van der Waals surface area contributed by atoms with Crippen LogP contribution < -0.4 is 5.32 Å². The van der Waals surface area contributed by atoms with Crippen LogP contribution in [0, 0.1) is 23.7 Å². The number of rotatable bonds is 9. The predicted molar refractivity (Wildman–Crippen MR) is 80.5 cm³/mol. The first kappa shape index (κ1) is 16.3. The highest BCUT2D eigenvalue weighted by Crippen LogP contribution is 2.37. The van der Waals surface area contributed by atoms with E-state index in [0.29, 0.717) is 31.5 Å². The predicted octanol–water partition coefficient (Wildman–Crippen LogP) is 1.02. The summed E-state index contributed by atoms with van der Waals surface area (Å²) in [6, 6.07) is 0. The van der Waals surface area contributed by atoms with Gasteiger partial charge in [0.25, 0.3) is 0 Å². The molecule has 5 nitrogen and oxygen atoms in total. The monoisotopic (exact) mass is 296 g/mol. The van der Waals surface area contributed by atoms with Crippen molar-refractivity contribution in [1.29, 1.82) is 0 Å². The normalized spacial score (nSPS) is 20.7. The fourth-order valence-corrected chi connectivity index (χ4v) is 2.82. The van der Waals surface area contributed by atoms with Gasteiger partial charge in [-0.15, -0.1) is 0 Å². The van der Waals surface area contributed by atoms with Crippen molar-refractivity contribution in [3.63, 3.8) is 0 Å². The van der Waals surface area contributed by atoms with Crippen LogP contribution in [0.1, 0.15) is 39.5 Å². The van der Waals surface area contributed by atoms with Gasteiger partial charge in [-0.05, 0) is 37.5 Å². The molecule has 0 unspecified atom stereocenters. The molecule has 0 aromatic carbocycles. The lowest BCUT2D eigenvalue weighted by Crippen LogP contribution is -2.43. The molecule has 0 aromatic heterocycles. The lowest BCUT2D eigenvalue weighted by Gasteiger charge is -2.25. The molecule has 0 spiro atoms. The fourth-order valence-electron chi connectivity index (χ4n) is 2.82. The summed E-state index contributed by atoms with van der Waals surface area (Å²) in [7, 11) is 0. The summed E-state index contributed by atoms with van der Waals surface area (Å²) in [5.41, 5.74) is 0. The van der Waals surface area contributed by atoms with Gasteiger partial charge < -0.3 is 15.3 Å². The Morgan fingerprint density at radius 3 is 2.19 bits per heavy atom. The minimum Gasteiger partial charge on any atom is -0.395 e. The van der Waals surface area contributed by atoms with Gasteiger partial charge in [0.1, 0.15) is 0 Å². The second-order valence-corrected chi connectivity index (χ2v) is 6.59. The van der Waals surface area contributed by atoms with Crippen molar-refractivity contribution in [2.24, 2.45) is 23.7 Å². The molecule has 2 amide bonds. The number of hydrogen-bond acceptors (Lipinski definition) is 3. The highest BCUT2D eigenvalue weighted by atomic mass is 16.3. The summed E-state index contributed by atoms with van der Waals surface area (Å²) in [5.74, 6) is 1.38. The van der Waals surface area contributed by atoms with Gasteiger partial charge in [-0.1, -0.05) is 13.8 Å². The van der Waals surface area contributed by atoms with Crippen LogP contribution in [0.3, 0.4) is 0 Å². The van der Waals surface area contributed by atoms with Crippen LogP contribution in [0.25, 0.3) is 0 Å². The van der Waals surface area contributed by atoms with E-state index >= 15 is 0 Å². The standard InChI is InChI=1S/C16H28N2O3/c1-11(13-3-4-13)15(20)17-7-8-18(9-10-19)16(21)12(2)14-5-6-14/h11-14,19H,3-10H2,1-2H3,(H,17,20)/t11-,12-/m0/s1. The molecular weight excluding hydrogens is 268 g/mol. The van der Waals surface area contributed by atoms with Gasteiger partial charge in [-0.25, -0.2) is 0 Å². The highest BCUT2D eigenvalue weighted by Gasteiger charge is 2.35. The first-order valence-electron chi connectivity index (χ1n) is 8.22. The fraction of sp³-hybridized carbons (Fsp3) is 0.875. The molecule has 120 valence electrons. The van der Waals surface area contributed by atoms with Gasteiger partial charge in [0.2, 0.25) is 11.8 Å². The summed E-state index contributed by atoms with van der Waals surface area (Å²) >= 11 is 0. The molecule has 2 fully saturated rings. The molecule has 0 heterocycles. The van der Waals surface area contributed by atoms with Crippen molar-refractivity contribution in [3.8, 4) is 0 Å². The Kier molecular flexibility index (Phi) is 5.62. The van der Waals surface area contributed by atoms with Gasteiger partial charge in [0.15, 0.2) is 0 Å². The number of hydrogen-bond donors (Lipinski definition) is 2. The minimum absolute atomic E-state index is 0.0322. The van der Waals surface area contributed by atoms with Crippen LogP contribution in [0.4, 0.5) is 0 Å². The van der Waals surface area contributed by atoms with Crippen LogP contribution in [-0.4, -0.2) is 48.1 Å². The van der Waals surface area contributed by atoms with Crippen molar-refractivity contribution in [3.05, 3.63) is 0 Å². The molecule has 0 radical (unpaired) electrons. The number of carbonyl (C=O) groups excluding carboxylic acids is 2. The van der Waals surface area contributed by atoms with E-state index < -0.39 is 0 Å². The molecule has 21 heavy (non-hydrogen) atoms. The molecule has 2 saturated carbocycles. The van der Waals surface area contributed by atoms with Gasteiger partial charge in [-0.3, -0.25) is 9.59 Å². The first-order valence-corrected chi connectivity index (χ1v) is 8.22. The van der Waals surface area contributed by atoms with E-state index in [1.807, 2.05) is 13.8 Å². The zero-order valence-corrected chi connectivity index (χ0v) is 13.2. The number of amides is 2. The zero-order chi connectivity index (χ0) is 15.4. The van der Waals surface area contributed by atoms with Crippen LogP contribution in [0.15, 0.2) is 0 Å². The van der Waals surface area contributed by atoms with E-state index in [4.69, 9.17) is 5.11 Å². The molecule has 2 aliphatic rings. The molecule has 2 N–H and O–H groups in total. The Balaban J connectivity index is 1.73. The van der Waals surface area contributed by atoms with E-state index in [0.717, 1.165) is 25.7 Å². The average Bonchev–Trinajstić information content (AvgIpc) is 3.34. The van der Waals surface area contributed by atoms with E-state index in [9.17, 15) is 9.59 Å². The third kappa shape index (κ3) is 4.70. The molecule has 0 aromatic rings. The molecule has 2 atom stereocenters. The van der Waals surface area contributed by atoms with Gasteiger partial charge >= 0.3 is 0 Å². The topological polar surface area (TPSA) is 69.6 Å². The summed E-state index contributed by atoms with van der Waals surface area (Å²) in [5, 5.41) is 12.0. The van der Waals surface area contributed by atoms with Gasteiger partial charge in [0.05, 0.1) is 6.61 Å². The van der Waals surface area contributed by atoms with Crippen LogP contribution >= 0.6 is 0 Å². The number of nitrogens with one attached hydrogen (secondary N) is 1. The van der Waals surface area contributed by atoms with Crippen molar-refractivity contribution >= 4 is 11.8 Å². The summed E-state index contributed by atoms with van der Waals surface area (Å²) < 4.78 is 0. The smallest absolute Gasteiger partial charge is 0.225 e. The van der Waals surface area contributed by atoms with Crippen molar-refractivity contribution in [1.82, 2.24) is 10.2 Å². The molecule has 2 aliphatic carbocycles. The summed E-state index contributed by atoms with van der Waals surface area (Å²) in [4.78, 5) is 26.0.